The minimum Gasteiger partial charge on any atom is -0.444 e. The number of aryl methyl sites for hydroxylation is 2. The Morgan fingerprint density at radius 3 is 2.68 bits per heavy atom. The van der Waals surface area contributed by atoms with Gasteiger partial charge in [0.2, 0.25) is 12.7 Å². The molecule has 1 atom stereocenters. The molecule has 2 aromatic heterocycles. The topological polar surface area (TPSA) is 65.1 Å². The number of rotatable bonds is 5. The molecule has 0 spiro atoms. The fourth-order valence-electron chi connectivity index (χ4n) is 1.76. The van der Waals surface area contributed by atoms with Crippen molar-refractivity contribution < 1.29 is 14.2 Å². The van der Waals surface area contributed by atoms with E-state index in [-0.39, 0.29) is 5.88 Å². The molecule has 0 aliphatic rings. The van der Waals surface area contributed by atoms with Crippen molar-refractivity contribution in [2.24, 2.45) is 7.05 Å². The quantitative estimate of drug-likeness (QED) is 0.906. The van der Waals surface area contributed by atoms with Crippen molar-refractivity contribution in [1.82, 2.24) is 19.6 Å². The van der Waals surface area contributed by atoms with E-state index in [1.54, 1.807) is 28.8 Å². The molecule has 1 unspecified atom stereocenters. The molecule has 0 bridgehead atoms. The lowest BCUT2D eigenvalue weighted by atomic mass is 10.1. The Labute approximate surface area is 117 Å². The lowest BCUT2D eigenvalue weighted by Crippen LogP contribution is -2.02. The Morgan fingerprint density at radius 2 is 2.16 bits per heavy atom. The summed E-state index contributed by atoms with van der Waals surface area (Å²) < 4.78 is 20.8. The normalized spacial score (nSPS) is 12.7. The number of aliphatic hydroxyl groups excluding tert-OH is 1. The number of aromatic nitrogens is 4. The molecule has 0 saturated carbocycles. The van der Waals surface area contributed by atoms with Crippen LogP contribution in [0.25, 0.3) is 0 Å². The molecule has 2 aromatic rings. The van der Waals surface area contributed by atoms with Crippen molar-refractivity contribution in [3.8, 4) is 5.88 Å². The number of halogens is 2. The van der Waals surface area contributed by atoms with Crippen LogP contribution >= 0.6 is 15.9 Å². The third-order valence-corrected chi connectivity index (χ3v) is 3.28. The third-order valence-electron chi connectivity index (χ3n) is 2.67. The molecule has 8 heteroatoms. The second-order valence-electron chi connectivity index (χ2n) is 3.95. The highest BCUT2D eigenvalue weighted by Gasteiger charge is 2.23. The first-order valence-electron chi connectivity index (χ1n) is 5.70. The summed E-state index contributed by atoms with van der Waals surface area (Å²) in [7, 11) is 1.75. The van der Waals surface area contributed by atoms with Gasteiger partial charge in [0.05, 0.1) is 5.56 Å². The van der Waals surface area contributed by atoms with E-state index in [4.69, 9.17) is 4.74 Å². The Balaban J connectivity index is 2.39. The second-order valence-corrected chi connectivity index (χ2v) is 4.70. The van der Waals surface area contributed by atoms with Gasteiger partial charge in [0, 0.05) is 31.5 Å². The van der Waals surface area contributed by atoms with E-state index in [2.05, 4.69) is 26.1 Å². The van der Waals surface area contributed by atoms with Gasteiger partial charge in [-0.05, 0) is 22.9 Å². The van der Waals surface area contributed by atoms with Crippen LogP contribution in [0.1, 0.15) is 24.2 Å². The van der Waals surface area contributed by atoms with E-state index in [0.717, 1.165) is 0 Å². The Kier molecular flexibility index (Phi) is 4.20. The number of ether oxygens (including phenoxy) is 1. The van der Waals surface area contributed by atoms with Gasteiger partial charge < -0.3 is 9.84 Å². The van der Waals surface area contributed by atoms with E-state index in [0.29, 0.717) is 22.3 Å². The molecular formula is C11H14BrFN4O2. The van der Waals surface area contributed by atoms with Crippen LogP contribution in [0.3, 0.4) is 0 Å². The van der Waals surface area contributed by atoms with E-state index in [1.807, 2.05) is 6.92 Å². The highest BCUT2D eigenvalue weighted by atomic mass is 79.9. The van der Waals surface area contributed by atoms with Crippen molar-refractivity contribution in [2.75, 3.05) is 6.86 Å². The van der Waals surface area contributed by atoms with Crippen LogP contribution in [-0.4, -0.2) is 31.5 Å². The molecular weight excluding hydrogens is 319 g/mol. The van der Waals surface area contributed by atoms with E-state index >= 15 is 0 Å². The first kappa shape index (κ1) is 14.0. The molecule has 1 N–H and O–H groups in total. The molecule has 19 heavy (non-hydrogen) atoms. The predicted molar refractivity (Wildman–Crippen MR) is 69.5 cm³/mol. The van der Waals surface area contributed by atoms with Gasteiger partial charge >= 0.3 is 0 Å². The second kappa shape index (κ2) is 5.70. The molecule has 0 aromatic carbocycles. The maximum atomic E-state index is 12.3. The van der Waals surface area contributed by atoms with Crippen LogP contribution in [0.15, 0.2) is 17.0 Å². The van der Waals surface area contributed by atoms with Crippen LogP contribution in [-0.2, 0) is 13.6 Å². The molecule has 0 aliphatic heterocycles. The Bertz CT molecular complexity index is 569. The van der Waals surface area contributed by atoms with Gasteiger partial charge in [-0.2, -0.15) is 5.10 Å². The van der Waals surface area contributed by atoms with Gasteiger partial charge in [-0.3, -0.25) is 9.36 Å². The molecule has 6 nitrogen and oxygen atoms in total. The van der Waals surface area contributed by atoms with Gasteiger partial charge in [0.1, 0.15) is 10.7 Å². The SMILES string of the molecule is CCn1cc(C(O)c2cn(C)nc2Br)c(OCF)n1. The molecule has 0 aliphatic carbocycles. The number of hydrogen-bond acceptors (Lipinski definition) is 4. The van der Waals surface area contributed by atoms with E-state index in [1.165, 1.54) is 0 Å². The maximum absolute atomic E-state index is 12.3. The fraction of sp³-hybridized carbons (Fsp3) is 0.455. The summed E-state index contributed by atoms with van der Waals surface area (Å²) in [4.78, 5) is 0. The first-order valence-corrected chi connectivity index (χ1v) is 6.49. The summed E-state index contributed by atoms with van der Waals surface area (Å²) in [5.74, 6) is 0.0904. The number of alkyl halides is 1. The fourth-order valence-corrected chi connectivity index (χ4v) is 2.33. The van der Waals surface area contributed by atoms with Gasteiger partial charge in [-0.25, -0.2) is 4.39 Å². The number of aliphatic hydroxyl groups is 1. The molecule has 2 heterocycles. The smallest absolute Gasteiger partial charge is 0.241 e. The van der Waals surface area contributed by atoms with Crippen molar-refractivity contribution in [3.63, 3.8) is 0 Å². The molecule has 0 radical (unpaired) electrons. The predicted octanol–water partition coefficient (Wildman–Crippen LogP) is 1.79. The molecule has 104 valence electrons. The zero-order valence-electron chi connectivity index (χ0n) is 10.5. The molecule has 0 saturated heterocycles. The monoisotopic (exact) mass is 332 g/mol. The summed E-state index contributed by atoms with van der Waals surface area (Å²) in [6.07, 6.45) is 2.33. The van der Waals surface area contributed by atoms with Crippen molar-refractivity contribution >= 4 is 15.9 Å². The van der Waals surface area contributed by atoms with E-state index in [9.17, 15) is 9.50 Å². The van der Waals surface area contributed by atoms with Crippen LogP contribution < -0.4 is 4.74 Å². The van der Waals surface area contributed by atoms with Crippen LogP contribution in [0.4, 0.5) is 4.39 Å². The minimum atomic E-state index is -0.991. The van der Waals surface area contributed by atoms with Crippen molar-refractivity contribution in [2.45, 2.75) is 19.6 Å². The van der Waals surface area contributed by atoms with Crippen LogP contribution in [0.2, 0.25) is 0 Å². The minimum absolute atomic E-state index is 0.0904. The van der Waals surface area contributed by atoms with Gasteiger partial charge in [0.25, 0.3) is 0 Å². The summed E-state index contributed by atoms with van der Waals surface area (Å²) in [6, 6.07) is 0. The lowest BCUT2D eigenvalue weighted by molar-refractivity contribution is 0.169. The molecule has 0 amide bonds. The van der Waals surface area contributed by atoms with Gasteiger partial charge in [0.15, 0.2) is 0 Å². The maximum Gasteiger partial charge on any atom is 0.241 e. The van der Waals surface area contributed by atoms with Gasteiger partial charge in [-0.1, -0.05) is 0 Å². The summed E-state index contributed by atoms with van der Waals surface area (Å²) in [5, 5.41) is 18.5. The van der Waals surface area contributed by atoms with E-state index < -0.39 is 13.0 Å². The zero-order valence-corrected chi connectivity index (χ0v) is 12.1. The number of nitrogens with zero attached hydrogens (tertiary/aromatic N) is 4. The number of hydrogen-bond donors (Lipinski definition) is 1. The zero-order chi connectivity index (χ0) is 14.0. The van der Waals surface area contributed by atoms with Crippen LogP contribution in [0, 0.1) is 0 Å². The van der Waals surface area contributed by atoms with Crippen LogP contribution in [0.5, 0.6) is 5.88 Å². The lowest BCUT2D eigenvalue weighted by Gasteiger charge is -2.08. The van der Waals surface area contributed by atoms with Gasteiger partial charge in [-0.15, -0.1) is 5.10 Å². The standard InChI is InChI=1S/C11H14BrFN4O2/c1-3-17-5-8(11(15-17)19-6-13)9(18)7-4-16(2)14-10(7)12/h4-5,9,18H,3,6H2,1-2H3. The molecule has 2 rings (SSSR count). The highest BCUT2D eigenvalue weighted by molar-refractivity contribution is 9.10. The molecule has 0 fully saturated rings. The summed E-state index contributed by atoms with van der Waals surface area (Å²) >= 11 is 3.27. The summed E-state index contributed by atoms with van der Waals surface area (Å²) in [5.41, 5.74) is 0.982. The highest BCUT2D eigenvalue weighted by Crippen LogP contribution is 2.32. The average molecular weight is 333 g/mol. The largest absolute Gasteiger partial charge is 0.444 e. The average Bonchev–Trinajstić information content (AvgIpc) is 2.92. The van der Waals surface area contributed by atoms with Crippen molar-refractivity contribution in [1.29, 1.82) is 0 Å². The summed E-state index contributed by atoms with van der Waals surface area (Å²) in [6.45, 7) is 1.50. The Hall–Kier alpha value is -1.41. The first-order chi connectivity index (χ1) is 9.06. The Morgan fingerprint density at radius 1 is 1.42 bits per heavy atom. The third kappa shape index (κ3) is 2.79. The van der Waals surface area contributed by atoms with Crippen molar-refractivity contribution in [3.05, 3.63) is 28.1 Å².